The normalized spacial score (nSPS) is 19.7. The van der Waals surface area contributed by atoms with E-state index in [4.69, 9.17) is 0 Å². The summed E-state index contributed by atoms with van der Waals surface area (Å²) in [6.45, 7) is 4.06. The van der Waals surface area contributed by atoms with Gasteiger partial charge in [0.2, 0.25) is 0 Å². The average molecular weight is 183 g/mol. The van der Waals surface area contributed by atoms with E-state index in [0.717, 1.165) is 11.6 Å². The van der Waals surface area contributed by atoms with Crippen LogP contribution >= 0.6 is 0 Å². The molecule has 0 bridgehead atoms. The molecule has 1 nitrogen and oxygen atoms in total. The van der Waals surface area contributed by atoms with Crippen molar-refractivity contribution in [2.75, 3.05) is 4.90 Å². The summed E-state index contributed by atoms with van der Waals surface area (Å²) in [7, 11) is 0. The molecule has 1 heterocycles. The van der Waals surface area contributed by atoms with Crippen molar-refractivity contribution in [3.63, 3.8) is 0 Å². The molecule has 1 fully saturated rings. The van der Waals surface area contributed by atoms with Crippen LogP contribution in [0.2, 0.25) is 0 Å². The van der Waals surface area contributed by atoms with Gasteiger partial charge in [0.1, 0.15) is 0 Å². The van der Waals surface area contributed by atoms with Crippen LogP contribution in [-0.2, 0) is 0 Å². The molecule has 0 amide bonds. The standard InChI is InChI=1S/C13H13N/c1-10-8-9-14(11-6-7-11)13-5-3-2-4-12(10)13/h2-5,8-9,11H,1,6-7H2. The topological polar surface area (TPSA) is 3.24 Å². The number of allylic oxidation sites excluding steroid dienone is 2. The molecule has 3 rings (SSSR count). The van der Waals surface area contributed by atoms with Crippen molar-refractivity contribution in [3.05, 3.63) is 48.7 Å². The van der Waals surface area contributed by atoms with Gasteiger partial charge in [-0.1, -0.05) is 24.8 Å². The second kappa shape index (κ2) is 2.74. The zero-order valence-corrected chi connectivity index (χ0v) is 8.11. The van der Waals surface area contributed by atoms with Crippen molar-refractivity contribution < 1.29 is 0 Å². The maximum Gasteiger partial charge on any atom is 0.0488 e. The predicted molar refractivity (Wildman–Crippen MR) is 60.1 cm³/mol. The van der Waals surface area contributed by atoms with E-state index in [1.807, 2.05) is 0 Å². The molecule has 1 aliphatic carbocycles. The number of hydrogen-bond donors (Lipinski definition) is 0. The fraction of sp³-hybridized carbons (Fsp3) is 0.231. The molecule has 2 aliphatic rings. The number of fused-ring (bicyclic) bond motifs is 1. The van der Waals surface area contributed by atoms with Crippen molar-refractivity contribution in [2.45, 2.75) is 18.9 Å². The molecule has 1 heteroatoms. The summed E-state index contributed by atoms with van der Waals surface area (Å²) in [6, 6.07) is 9.24. The van der Waals surface area contributed by atoms with Gasteiger partial charge in [0.05, 0.1) is 0 Å². The van der Waals surface area contributed by atoms with Crippen LogP contribution in [0, 0.1) is 0 Å². The fourth-order valence-corrected chi connectivity index (χ4v) is 1.98. The smallest absolute Gasteiger partial charge is 0.0488 e. The van der Waals surface area contributed by atoms with Crippen LogP contribution in [0.5, 0.6) is 0 Å². The SMILES string of the molecule is C=C1C=CN(C2CC2)c2ccccc21. The first-order valence-corrected chi connectivity index (χ1v) is 5.11. The molecule has 0 aromatic heterocycles. The van der Waals surface area contributed by atoms with Crippen molar-refractivity contribution in [1.29, 1.82) is 0 Å². The van der Waals surface area contributed by atoms with E-state index in [1.54, 1.807) is 0 Å². The van der Waals surface area contributed by atoms with Crippen molar-refractivity contribution >= 4 is 11.3 Å². The minimum Gasteiger partial charge on any atom is -0.344 e. The first-order valence-electron chi connectivity index (χ1n) is 5.11. The second-order valence-corrected chi connectivity index (χ2v) is 4.00. The molecule has 0 atom stereocenters. The van der Waals surface area contributed by atoms with Crippen molar-refractivity contribution in [3.8, 4) is 0 Å². The van der Waals surface area contributed by atoms with Gasteiger partial charge in [0.25, 0.3) is 0 Å². The molecule has 0 N–H and O–H groups in total. The fourth-order valence-electron chi connectivity index (χ4n) is 1.98. The van der Waals surface area contributed by atoms with Gasteiger partial charge >= 0.3 is 0 Å². The highest BCUT2D eigenvalue weighted by atomic mass is 15.2. The summed E-state index contributed by atoms with van der Waals surface area (Å²) in [5.41, 5.74) is 3.72. The Hall–Kier alpha value is -1.50. The van der Waals surface area contributed by atoms with E-state index in [0.29, 0.717) is 0 Å². The largest absolute Gasteiger partial charge is 0.344 e. The second-order valence-electron chi connectivity index (χ2n) is 4.00. The van der Waals surface area contributed by atoms with Crippen LogP contribution in [0.3, 0.4) is 0 Å². The Morgan fingerprint density at radius 2 is 2.00 bits per heavy atom. The van der Waals surface area contributed by atoms with Crippen LogP contribution in [-0.4, -0.2) is 6.04 Å². The minimum absolute atomic E-state index is 0.737. The van der Waals surface area contributed by atoms with Crippen LogP contribution in [0.1, 0.15) is 18.4 Å². The highest BCUT2D eigenvalue weighted by molar-refractivity contribution is 5.85. The highest BCUT2D eigenvalue weighted by Crippen LogP contribution is 2.38. The minimum atomic E-state index is 0.737. The van der Waals surface area contributed by atoms with Crippen molar-refractivity contribution in [1.82, 2.24) is 0 Å². The molecular weight excluding hydrogens is 170 g/mol. The van der Waals surface area contributed by atoms with E-state index in [2.05, 4.69) is 48.0 Å². The van der Waals surface area contributed by atoms with Gasteiger partial charge in [0.15, 0.2) is 0 Å². The molecule has 0 unspecified atom stereocenters. The van der Waals surface area contributed by atoms with Gasteiger partial charge in [-0.2, -0.15) is 0 Å². The molecule has 0 spiro atoms. The lowest BCUT2D eigenvalue weighted by Gasteiger charge is -2.27. The van der Waals surface area contributed by atoms with Gasteiger partial charge in [-0.15, -0.1) is 0 Å². The number of hydrogen-bond acceptors (Lipinski definition) is 1. The molecule has 0 saturated heterocycles. The molecule has 1 aromatic rings. The summed E-state index contributed by atoms with van der Waals surface area (Å²) in [5.74, 6) is 0. The molecule has 70 valence electrons. The van der Waals surface area contributed by atoms with Crippen LogP contribution in [0.4, 0.5) is 5.69 Å². The van der Waals surface area contributed by atoms with Crippen molar-refractivity contribution in [2.24, 2.45) is 0 Å². The maximum absolute atomic E-state index is 4.06. The zero-order valence-electron chi connectivity index (χ0n) is 8.11. The monoisotopic (exact) mass is 183 g/mol. The number of nitrogens with zero attached hydrogens (tertiary/aromatic N) is 1. The number of anilines is 1. The third-order valence-corrected chi connectivity index (χ3v) is 2.90. The molecule has 1 aromatic carbocycles. The molecule has 1 aliphatic heterocycles. The van der Waals surface area contributed by atoms with Crippen LogP contribution in [0.25, 0.3) is 5.57 Å². The Balaban J connectivity index is 2.11. The van der Waals surface area contributed by atoms with E-state index in [1.165, 1.54) is 24.1 Å². The van der Waals surface area contributed by atoms with E-state index in [9.17, 15) is 0 Å². The summed E-state index contributed by atoms with van der Waals surface area (Å²) < 4.78 is 0. The highest BCUT2D eigenvalue weighted by Gasteiger charge is 2.30. The summed E-state index contributed by atoms with van der Waals surface area (Å²) >= 11 is 0. The van der Waals surface area contributed by atoms with Gasteiger partial charge in [-0.25, -0.2) is 0 Å². The molecular formula is C13H13N. The van der Waals surface area contributed by atoms with Gasteiger partial charge in [-0.05, 0) is 30.6 Å². The third-order valence-electron chi connectivity index (χ3n) is 2.90. The Bertz CT molecular complexity index is 413. The van der Waals surface area contributed by atoms with Crippen LogP contribution < -0.4 is 4.90 Å². The molecule has 0 radical (unpaired) electrons. The summed E-state index contributed by atoms with van der Waals surface area (Å²) in [4.78, 5) is 2.38. The first-order chi connectivity index (χ1) is 6.86. The zero-order chi connectivity index (χ0) is 9.54. The summed E-state index contributed by atoms with van der Waals surface area (Å²) in [6.07, 6.45) is 6.93. The molecule has 14 heavy (non-hydrogen) atoms. The van der Waals surface area contributed by atoms with Gasteiger partial charge in [-0.3, -0.25) is 0 Å². The van der Waals surface area contributed by atoms with Gasteiger partial charge < -0.3 is 4.90 Å². The Morgan fingerprint density at radius 3 is 2.79 bits per heavy atom. The third kappa shape index (κ3) is 1.09. The Morgan fingerprint density at radius 1 is 1.21 bits per heavy atom. The van der Waals surface area contributed by atoms with Crippen LogP contribution in [0.15, 0.2) is 43.1 Å². The summed E-state index contributed by atoms with van der Waals surface area (Å²) in [5, 5.41) is 0. The molecule has 1 saturated carbocycles. The lowest BCUT2D eigenvalue weighted by atomic mass is 10.0. The maximum atomic E-state index is 4.06. The number of para-hydroxylation sites is 1. The Labute approximate surface area is 84.4 Å². The lowest BCUT2D eigenvalue weighted by Crippen LogP contribution is -2.21. The number of benzene rings is 1. The lowest BCUT2D eigenvalue weighted by molar-refractivity contribution is 0.955. The van der Waals surface area contributed by atoms with E-state index >= 15 is 0 Å². The predicted octanol–water partition coefficient (Wildman–Crippen LogP) is 3.20. The van der Waals surface area contributed by atoms with E-state index in [-0.39, 0.29) is 0 Å². The number of rotatable bonds is 1. The van der Waals surface area contributed by atoms with Gasteiger partial charge in [0, 0.05) is 23.5 Å². The van der Waals surface area contributed by atoms with E-state index < -0.39 is 0 Å². The Kier molecular flexibility index (Phi) is 1.54. The quantitative estimate of drug-likeness (QED) is 0.646. The first kappa shape index (κ1) is 7.86. The average Bonchev–Trinajstić information content (AvgIpc) is 3.03.